The van der Waals surface area contributed by atoms with Crippen LogP contribution >= 0.6 is 0 Å². The van der Waals surface area contributed by atoms with Gasteiger partial charge in [0.1, 0.15) is 11.6 Å². The second-order valence-corrected chi connectivity index (χ2v) is 6.28. The molecule has 2 N–H and O–H groups in total. The summed E-state index contributed by atoms with van der Waals surface area (Å²) in [5.74, 6) is 2.63. The number of pyridine rings is 1. The highest BCUT2D eigenvalue weighted by Gasteiger charge is 2.17. The Balaban J connectivity index is 1.62. The van der Waals surface area contributed by atoms with Crippen molar-refractivity contribution in [3.63, 3.8) is 0 Å². The molecule has 1 atom stereocenters. The van der Waals surface area contributed by atoms with Crippen molar-refractivity contribution in [3.05, 3.63) is 48.0 Å². The van der Waals surface area contributed by atoms with E-state index in [9.17, 15) is 0 Å². The summed E-state index contributed by atoms with van der Waals surface area (Å²) in [6, 6.07) is 7.94. The highest BCUT2D eigenvalue weighted by atomic mass is 16.5. The minimum absolute atomic E-state index is 0.235. The van der Waals surface area contributed by atoms with Crippen LogP contribution in [0.5, 0.6) is 0 Å². The SMILES string of the molecule is CCNC(=NCc1ccnc(N2CCOC(C)C2)c1)NCc1ccco1. The zero-order valence-corrected chi connectivity index (χ0v) is 15.4. The van der Waals surface area contributed by atoms with Crippen LogP contribution in [0.1, 0.15) is 25.2 Å². The predicted octanol–water partition coefficient (Wildman–Crippen LogP) is 2.15. The fourth-order valence-electron chi connectivity index (χ4n) is 2.85. The number of guanidine groups is 1. The maximum absolute atomic E-state index is 5.61. The van der Waals surface area contributed by atoms with Gasteiger partial charge in [-0.25, -0.2) is 9.98 Å². The van der Waals surface area contributed by atoms with Crippen molar-refractivity contribution in [1.29, 1.82) is 0 Å². The number of aromatic nitrogens is 1. The van der Waals surface area contributed by atoms with Gasteiger partial charge in [0.05, 0.1) is 32.1 Å². The number of hydrogen-bond donors (Lipinski definition) is 2. The number of nitrogens with zero attached hydrogens (tertiary/aromatic N) is 3. The summed E-state index contributed by atoms with van der Waals surface area (Å²) < 4.78 is 11.0. The van der Waals surface area contributed by atoms with E-state index in [1.807, 2.05) is 31.3 Å². The molecule has 3 heterocycles. The Hall–Kier alpha value is -2.54. The van der Waals surface area contributed by atoms with E-state index in [2.05, 4.69) is 38.5 Å². The number of rotatable bonds is 6. The van der Waals surface area contributed by atoms with Gasteiger partial charge in [-0.1, -0.05) is 0 Å². The average molecular weight is 357 g/mol. The molecule has 0 aliphatic carbocycles. The molecule has 1 aliphatic rings. The first-order valence-corrected chi connectivity index (χ1v) is 9.10. The second kappa shape index (κ2) is 9.24. The number of nitrogens with one attached hydrogen (secondary N) is 2. The van der Waals surface area contributed by atoms with Crippen LogP contribution in [0.3, 0.4) is 0 Å². The molecular weight excluding hydrogens is 330 g/mol. The Bertz CT molecular complexity index is 702. The van der Waals surface area contributed by atoms with Crippen LogP contribution in [0.2, 0.25) is 0 Å². The maximum Gasteiger partial charge on any atom is 0.191 e. The molecule has 1 fully saturated rings. The zero-order valence-electron chi connectivity index (χ0n) is 15.4. The van der Waals surface area contributed by atoms with Crippen LogP contribution in [0.4, 0.5) is 5.82 Å². The van der Waals surface area contributed by atoms with Gasteiger partial charge in [0.25, 0.3) is 0 Å². The van der Waals surface area contributed by atoms with Crippen molar-refractivity contribution in [2.45, 2.75) is 33.0 Å². The molecule has 0 spiro atoms. The number of ether oxygens (including phenoxy) is 1. The third kappa shape index (κ3) is 5.23. The van der Waals surface area contributed by atoms with Crippen molar-refractivity contribution in [1.82, 2.24) is 15.6 Å². The Morgan fingerprint density at radius 3 is 3.08 bits per heavy atom. The summed E-state index contributed by atoms with van der Waals surface area (Å²) in [5, 5.41) is 6.53. The molecule has 26 heavy (non-hydrogen) atoms. The van der Waals surface area contributed by atoms with E-state index in [0.717, 1.165) is 49.3 Å². The quantitative estimate of drug-likeness (QED) is 0.610. The summed E-state index contributed by atoms with van der Waals surface area (Å²) >= 11 is 0. The van der Waals surface area contributed by atoms with Crippen LogP contribution in [0.15, 0.2) is 46.1 Å². The molecule has 3 rings (SSSR count). The summed E-state index contributed by atoms with van der Waals surface area (Å²) in [6.07, 6.45) is 3.76. The number of morpholine rings is 1. The van der Waals surface area contributed by atoms with Gasteiger partial charge in [-0.3, -0.25) is 0 Å². The largest absolute Gasteiger partial charge is 0.467 e. The molecule has 140 valence electrons. The average Bonchev–Trinajstić information content (AvgIpc) is 3.18. The van der Waals surface area contributed by atoms with E-state index in [1.165, 1.54) is 0 Å². The fourth-order valence-corrected chi connectivity index (χ4v) is 2.85. The summed E-state index contributed by atoms with van der Waals surface area (Å²) in [6.45, 7) is 8.62. The van der Waals surface area contributed by atoms with E-state index in [1.54, 1.807) is 6.26 Å². The summed E-state index contributed by atoms with van der Waals surface area (Å²) in [7, 11) is 0. The lowest BCUT2D eigenvalue weighted by Gasteiger charge is -2.32. The predicted molar refractivity (Wildman–Crippen MR) is 102 cm³/mol. The molecule has 2 aromatic rings. The molecule has 0 saturated carbocycles. The Morgan fingerprint density at radius 2 is 2.31 bits per heavy atom. The lowest BCUT2D eigenvalue weighted by atomic mass is 10.2. The summed E-state index contributed by atoms with van der Waals surface area (Å²) in [5.41, 5.74) is 1.13. The molecule has 0 amide bonds. The highest BCUT2D eigenvalue weighted by Crippen LogP contribution is 2.16. The minimum atomic E-state index is 0.235. The normalized spacial score (nSPS) is 18.0. The molecule has 0 radical (unpaired) electrons. The van der Waals surface area contributed by atoms with Gasteiger partial charge >= 0.3 is 0 Å². The van der Waals surface area contributed by atoms with Crippen molar-refractivity contribution in [2.75, 3.05) is 31.1 Å². The molecule has 0 bridgehead atoms. The fraction of sp³-hybridized carbons (Fsp3) is 0.474. The number of aliphatic imine (C=N–C) groups is 1. The molecule has 1 saturated heterocycles. The first-order valence-electron chi connectivity index (χ1n) is 9.10. The van der Waals surface area contributed by atoms with Crippen LogP contribution in [0.25, 0.3) is 0 Å². The van der Waals surface area contributed by atoms with E-state index < -0.39 is 0 Å². The number of furan rings is 1. The first-order chi connectivity index (χ1) is 12.7. The van der Waals surface area contributed by atoms with Crippen molar-refractivity contribution >= 4 is 11.8 Å². The Morgan fingerprint density at radius 1 is 1.38 bits per heavy atom. The van der Waals surface area contributed by atoms with Gasteiger partial charge in [-0.2, -0.15) is 0 Å². The third-order valence-electron chi connectivity index (χ3n) is 4.15. The molecule has 7 nitrogen and oxygen atoms in total. The molecule has 1 unspecified atom stereocenters. The molecule has 0 aromatic carbocycles. The lowest BCUT2D eigenvalue weighted by molar-refractivity contribution is 0.0529. The van der Waals surface area contributed by atoms with Crippen LogP contribution in [-0.2, 0) is 17.8 Å². The topological polar surface area (TPSA) is 74.9 Å². The monoisotopic (exact) mass is 357 g/mol. The highest BCUT2D eigenvalue weighted by molar-refractivity contribution is 5.79. The molecular formula is C19H27N5O2. The maximum atomic E-state index is 5.61. The molecule has 7 heteroatoms. The minimum Gasteiger partial charge on any atom is -0.467 e. The van der Waals surface area contributed by atoms with Gasteiger partial charge in [0, 0.05) is 25.8 Å². The van der Waals surface area contributed by atoms with Crippen LogP contribution < -0.4 is 15.5 Å². The van der Waals surface area contributed by atoms with Crippen LogP contribution in [0, 0.1) is 0 Å². The number of anilines is 1. The Labute approximate surface area is 154 Å². The standard InChI is InChI=1S/C19H27N5O2/c1-3-20-19(23-13-17-5-4-9-26-17)22-12-16-6-7-21-18(11-16)24-8-10-25-15(2)14-24/h4-7,9,11,15H,3,8,10,12-14H2,1-2H3,(H2,20,22,23). The second-order valence-electron chi connectivity index (χ2n) is 6.28. The molecule has 1 aliphatic heterocycles. The van der Waals surface area contributed by atoms with Gasteiger partial charge in [-0.15, -0.1) is 0 Å². The van der Waals surface area contributed by atoms with E-state index >= 15 is 0 Å². The lowest BCUT2D eigenvalue weighted by Crippen LogP contribution is -2.41. The zero-order chi connectivity index (χ0) is 18.2. The van der Waals surface area contributed by atoms with E-state index in [4.69, 9.17) is 9.15 Å². The van der Waals surface area contributed by atoms with E-state index in [0.29, 0.717) is 13.1 Å². The summed E-state index contributed by atoms with van der Waals surface area (Å²) in [4.78, 5) is 11.4. The van der Waals surface area contributed by atoms with Crippen molar-refractivity contribution in [2.24, 2.45) is 4.99 Å². The third-order valence-corrected chi connectivity index (χ3v) is 4.15. The van der Waals surface area contributed by atoms with E-state index in [-0.39, 0.29) is 6.10 Å². The van der Waals surface area contributed by atoms with Gasteiger partial charge in [0.2, 0.25) is 0 Å². The van der Waals surface area contributed by atoms with Gasteiger partial charge in [0.15, 0.2) is 5.96 Å². The Kier molecular flexibility index (Phi) is 6.49. The van der Waals surface area contributed by atoms with Crippen molar-refractivity contribution in [3.8, 4) is 0 Å². The smallest absolute Gasteiger partial charge is 0.191 e. The van der Waals surface area contributed by atoms with Gasteiger partial charge < -0.3 is 24.7 Å². The van der Waals surface area contributed by atoms with Gasteiger partial charge in [-0.05, 0) is 43.7 Å². The van der Waals surface area contributed by atoms with Crippen LogP contribution in [-0.4, -0.2) is 43.3 Å². The first kappa shape index (κ1) is 18.3. The van der Waals surface area contributed by atoms with Crippen molar-refractivity contribution < 1.29 is 9.15 Å². The molecule has 2 aromatic heterocycles. The number of hydrogen-bond acceptors (Lipinski definition) is 5.